The second kappa shape index (κ2) is 6.39. The molecule has 3 rings (SSSR count). The molecule has 6 heteroatoms. The molecule has 4 nitrogen and oxygen atoms in total. The molecule has 0 aliphatic carbocycles. The van der Waals surface area contributed by atoms with Crippen molar-refractivity contribution in [1.82, 2.24) is 4.98 Å². The third-order valence-electron chi connectivity index (χ3n) is 3.59. The average Bonchev–Trinajstić information content (AvgIpc) is 2.92. The first-order valence-electron chi connectivity index (χ1n) is 7.31. The van der Waals surface area contributed by atoms with E-state index in [0.29, 0.717) is 4.90 Å². The summed E-state index contributed by atoms with van der Waals surface area (Å²) in [4.78, 5) is 4.73. The highest BCUT2D eigenvalue weighted by molar-refractivity contribution is 7.91. The summed E-state index contributed by atoms with van der Waals surface area (Å²) in [6.07, 6.45) is 0.249. The van der Waals surface area contributed by atoms with Crippen molar-refractivity contribution in [3.8, 4) is 11.1 Å². The summed E-state index contributed by atoms with van der Waals surface area (Å²) < 4.78 is 25.6. The number of aromatic nitrogens is 1. The highest BCUT2D eigenvalue weighted by Crippen LogP contribution is 2.29. The quantitative estimate of drug-likeness (QED) is 0.768. The van der Waals surface area contributed by atoms with Crippen molar-refractivity contribution >= 4 is 31.4 Å². The summed E-state index contributed by atoms with van der Waals surface area (Å²) >= 11 is 1.62. The van der Waals surface area contributed by atoms with E-state index in [1.54, 1.807) is 29.5 Å². The minimum absolute atomic E-state index is 0.0416. The van der Waals surface area contributed by atoms with Gasteiger partial charge in [0, 0.05) is 6.61 Å². The van der Waals surface area contributed by atoms with E-state index < -0.39 is 9.84 Å². The first-order valence-corrected chi connectivity index (χ1v) is 9.78. The highest BCUT2D eigenvalue weighted by atomic mass is 32.2. The Labute approximate surface area is 139 Å². The molecule has 1 aromatic heterocycles. The van der Waals surface area contributed by atoms with E-state index in [9.17, 15) is 8.42 Å². The van der Waals surface area contributed by atoms with Crippen LogP contribution in [-0.4, -0.2) is 30.9 Å². The topological polar surface area (TPSA) is 67.3 Å². The smallest absolute Gasteiger partial charge is 0.178 e. The molecule has 0 aliphatic heterocycles. The zero-order valence-corrected chi connectivity index (χ0v) is 14.3. The van der Waals surface area contributed by atoms with Crippen LogP contribution in [0.25, 0.3) is 21.3 Å². The zero-order valence-electron chi connectivity index (χ0n) is 12.7. The molecular formula is C17H17NO3S2. The molecule has 1 N–H and O–H groups in total. The van der Waals surface area contributed by atoms with Gasteiger partial charge < -0.3 is 5.11 Å². The Hall–Kier alpha value is -1.76. The number of fused-ring (bicyclic) bond motifs is 1. The Kier molecular flexibility index (Phi) is 4.48. The van der Waals surface area contributed by atoms with Crippen LogP contribution in [0.3, 0.4) is 0 Å². The van der Waals surface area contributed by atoms with Crippen LogP contribution in [0.1, 0.15) is 11.4 Å². The number of aliphatic hydroxyl groups excluding tert-OH is 1. The van der Waals surface area contributed by atoms with Crippen LogP contribution in [0.15, 0.2) is 47.4 Å². The van der Waals surface area contributed by atoms with Crippen molar-refractivity contribution in [1.29, 1.82) is 0 Å². The van der Waals surface area contributed by atoms with Gasteiger partial charge in [0.1, 0.15) is 0 Å². The van der Waals surface area contributed by atoms with E-state index in [-0.39, 0.29) is 18.8 Å². The van der Waals surface area contributed by atoms with Crippen LogP contribution in [0.2, 0.25) is 0 Å². The average molecular weight is 347 g/mol. The van der Waals surface area contributed by atoms with Crippen LogP contribution >= 0.6 is 11.3 Å². The molecule has 0 radical (unpaired) electrons. The van der Waals surface area contributed by atoms with Gasteiger partial charge in [0.05, 0.1) is 25.9 Å². The fraction of sp³-hybridized carbons (Fsp3) is 0.235. The van der Waals surface area contributed by atoms with Gasteiger partial charge in [-0.1, -0.05) is 18.2 Å². The standard InChI is InChI=1S/C17H17NO3S2/c1-12-18-16-7-6-14(11-17(16)22-12)13-4-2-5-15(10-13)23(20,21)9-3-8-19/h2,4-7,10-11,19H,3,8-9H2,1H3. The largest absolute Gasteiger partial charge is 0.396 e. The van der Waals surface area contributed by atoms with Crippen LogP contribution in [-0.2, 0) is 9.84 Å². The van der Waals surface area contributed by atoms with Crippen molar-refractivity contribution in [2.75, 3.05) is 12.4 Å². The number of sulfone groups is 1. The predicted octanol–water partition coefficient (Wildman–Crippen LogP) is 3.43. The van der Waals surface area contributed by atoms with Crippen LogP contribution in [0, 0.1) is 6.92 Å². The van der Waals surface area contributed by atoms with Gasteiger partial charge in [0.2, 0.25) is 0 Å². The SMILES string of the molecule is Cc1nc2ccc(-c3cccc(S(=O)(=O)CCCO)c3)cc2s1. The lowest BCUT2D eigenvalue weighted by atomic mass is 10.1. The normalized spacial score (nSPS) is 11.9. The molecule has 0 spiro atoms. The van der Waals surface area contributed by atoms with Gasteiger partial charge in [0.15, 0.2) is 9.84 Å². The number of hydrogen-bond donors (Lipinski definition) is 1. The Balaban J connectivity index is 2.00. The highest BCUT2D eigenvalue weighted by Gasteiger charge is 2.14. The molecule has 120 valence electrons. The first kappa shape index (κ1) is 16.1. The number of aliphatic hydroxyl groups is 1. The minimum Gasteiger partial charge on any atom is -0.396 e. The molecule has 0 saturated heterocycles. The monoisotopic (exact) mass is 347 g/mol. The van der Waals surface area contributed by atoms with E-state index in [4.69, 9.17) is 5.11 Å². The van der Waals surface area contributed by atoms with Gasteiger partial charge in [0.25, 0.3) is 0 Å². The Bertz CT molecular complexity index is 945. The van der Waals surface area contributed by atoms with E-state index >= 15 is 0 Å². The van der Waals surface area contributed by atoms with Crippen molar-refractivity contribution in [3.63, 3.8) is 0 Å². The number of aryl methyl sites for hydroxylation is 1. The molecule has 0 aliphatic rings. The van der Waals surface area contributed by atoms with E-state index in [0.717, 1.165) is 26.4 Å². The maximum Gasteiger partial charge on any atom is 0.178 e. The Morgan fingerprint density at radius 3 is 2.70 bits per heavy atom. The first-order chi connectivity index (χ1) is 11.0. The molecule has 0 bridgehead atoms. The summed E-state index contributed by atoms with van der Waals surface area (Å²) in [5, 5.41) is 9.85. The van der Waals surface area contributed by atoms with Crippen molar-refractivity contribution in [3.05, 3.63) is 47.5 Å². The minimum atomic E-state index is -3.36. The third kappa shape index (κ3) is 3.44. The summed E-state index contributed by atoms with van der Waals surface area (Å²) in [6.45, 7) is 1.85. The van der Waals surface area contributed by atoms with Gasteiger partial charge in [-0.2, -0.15) is 0 Å². The van der Waals surface area contributed by atoms with Gasteiger partial charge in [-0.25, -0.2) is 13.4 Å². The van der Waals surface area contributed by atoms with Gasteiger partial charge in [-0.05, 0) is 48.7 Å². The zero-order chi connectivity index (χ0) is 16.4. The third-order valence-corrected chi connectivity index (χ3v) is 6.32. The molecule has 3 aromatic rings. The van der Waals surface area contributed by atoms with E-state index in [1.807, 2.05) is 31.2 Å². The lowest BCUT2D eigenvalue weighted by Crippen LogP contribution is -2.08. The lowest BCUT2D eigenvalue weighted by molar-refractivity contribution is 0.295. The summed E-state index contributed by atoms with van der Waals surface area (Å²) in [7, 11) is -3.36. The molecule has 0 saturated carbocycles. The fourth-order valence-corrected chi connectivity index (χ4v) is 4.66. The molecule has 2 aromatic carbocycles. The van der Waals surface area contributed by atoms with Gasteiger partial charge in [-0.3, -0.25) is 0 Å². The molecule has 0 atom stereocenters. The Morgan fingerprint density at radius 2 is 1.91 bits per heavy atom. The molecular weight excluding hydrogens is 330 g/mol. The predicted molar refractivity (Wildman–Crippen MR) is 93.5 cm³/mol. The maximum absolute atomic E-state index is 12.3. The van der Waals surface area contributed by atoms with E-state index in [1.165, 1.54) is 0 Å². The molecule has 23 heavy (non-hydrogen) atoms. The lowest BCUT2D eigenvalue weighted by Gasteiger charge is -2.07. The second-order valence-corrected chi connectivity index (χ2v) is 8.68. The van der Waals surface area contributed by atoms with Crippen LogP contribution in [0.5, 0.6) is 0 Å². The summed E-state index contributed by atoms with van der Waals surface area (Å²) in [5.74, 6) is -0.0416. The second-order valence-electron chi connectivity index (χ2n) is 5.34. The van der Waals surface area contributed by atoms with Gasteiger partial charge in [-0.15, -0.1) is 11.3 Å². The number of benzene rings is 2. The summed E-state index contributed by atoms with van der Waals surface area (Å²) in [6, 6.07) is 12.9. The van der Waals surface area contributed by atoms with Crippen molar-refractivity contribution in [2.24, 2.45) is 0 Å². The van der Waals surface area contributed by atoms with Crippen LogP contribution < -0.4 is 0 Å². The van der Waals surface area contributed by atoms with Gasteiger partial charge >= 0.3 is 0 Å². The van der Waals surface area contributed by atoms with Crippen molar-refractivity contribution < 1.29 is 13.5 Å². The maximum atomic E-state index is 12.3. The molecule has 0 unspecified atom stereocenters. The molecule has 1 heterocycles. The molecule has 0 amide bonds. The fourth-order valence-electron chi connectivity index (χ4n) is 2.46. The number of nitrogens with zero attached hydrogens (tertiary/aromatic N) is 1. The number of hydrogen-bond acceptors (Lipinski definition) is 5. The Morgan fingerprint density at radius 1 is 1.13 bits per heavy atom. The number of thiazole rings is 1. The van der Waals surface area contributed by atoms with E-state index in [2.05, 4.69) is 4.98 Å². The van der Waals surface area contributed by atoms with Crippen LogP contribution in [0.4, 0.5) is 0 Å². The summed E-state index contributed by atoms with van der Waals surface area (Å²) in [5.41, 5.74) is 2.80. The van der Waals surface area contributed by atoms with Crippen molar-refractivity contribution in [2.45, 2.75) is 18.2 Å². The molecule has 0 fully saturated rings. The number of rotatable bonds is 5.